The van der Waals surface area contributed by atoms with Crippen molar-refractivity contribution in [3.8, 4) is 11.5 Å². The molecule has 0 aliphatic carbocycles. The van der Waals surface area contributed by atoms with E-state index in [-0.39, 0.29) is 11.3 Å². The van der Waals surface area contributed by atoms with Crippen molar-refractivity contribution in [3.63, 3.8) is 0 Å². The number of amides is 1. The van der Waals surface area contributed by atoms with Gasteiger partial charge in [0.25, 0.3) is 0 Å². The number of anilines is 1. The van der Waals surface area contributed by atoms with Crippen LogP contribution in [-0.4, -0.2) is 31.3 Å². The number of carbonyl (C=O) groups is 1. The van der Waals surface area contributed by atoms with Gasteiger partial charge >= 0.3 is 0 Å². The second-order valence-corrected chi connectivity index (χ2v) is 9.57. The van der Waals surface area contributed by atoms with Gasteiger partial charge in [-0.3, -0.25) is 4.79 Å². The lowest BCUT2D eigenvalue weighted by atomic mass is 9.75. The van der Waals surface area contributed by atoms with Gasteiger partial charge in [0.05, 0.1) is 19.8 Å². The molecule has 33 heavy (non-hydrogen) atoms. The van der Waals surface area contributed by atoms with Gasteiger partial charge in [-0.15, -0.1) is 0 Å². The molecule has 0 spiro atoms. The van der Waals surface area contributed by atoms with E-state index in [2.05, 4.69) is 68.3 Å². The Kier molecular flexibility index (Phi) is 6.42. The quantitative estimate of drug-likeness (QED) is 0.507. The molecule has 0 aromatic heterocycles. The molecule has 1 amide bonds. The molecular weight excluding hydrogens is 412 g/mol. The molecule has 2 aromatic carbocycles. The highest BCUT2D eigenvalue weighted by Crippen LogP contribution is 2.53. The molecule has 0 bridgehead atoms. The van der Waals surface area contributed by atoms with Crippen molar-refractivity contribution in [2.75, 3.05) is 24.7 Å². The third kappa shape index (κ3) is 4.09. The maximum atomic E-state index is 12.5. The number of carbonyl (C=O) groups excluding carboxylic acids is 1. The van der Waals surface area contributed by atoms with Crippen LogP contribution in [0.2, 0.25) is 0 Å². The number of ether oxygens (including phenoxy) is 2. The average molecular weight is 449 g/mol. The number of nitrogens with one attached hydrogen (secondary N) is 1. The molecule has 176 valence electrons. The minimum Gasteiger partial charge on any atom is -0.490 e. The predicted molar refractivity (Wildman–Crippen MR) is 134 cm³/mol. The summed E-state index contributed by atoms with van der Waals surface area (Å²) >= 11 is 0. The lowest BCUT2D eigenvalue weighted by Crippen LogP contribution is -2.58. The number of benzene rings is 2. The van der Waals surface area contributed by atoms with Crippen LogP contribution in [0.15, 0.2) is 42.5 Å². The second kappa shape index (κ2) is 9.12. The normalized spacial score (nSPS) is 20.6. The molecule has 0 unspecified atom stereocenters. The van der Waals surface area contributed by atoms with Crippen molar-refractivity contribution in [1.29, 1.82) is 0 Å². The van der Waals surface area contributed by atoms with E-state index in [1.54, 1.807) is 0 Å². The van der Waals surface area contributed by atoms with E-state index in [0.29, 0.717) is 19.8 Å². The summed E-state index contributed by atoms with van der Waals surface area (Å²) in [6.07, 6.45) is 7.59. The molecule has 2 heterocycles. The first kappa shape index (κ1) is 23.2. The minimum atomic E-state index is -0.610. The number of rotatable bonds is 9. The Labute approximate surface area is 197 Å². The molecule has 0 radical (unpaired) electrons. The highest BCUT2D eigenvalue weighted by atomic mass is 16.5. The summed E-state index contributed by atoms with van der Waals surface area (Å²) in [7, 11) is 0. The fraction of sp³-hybridized carbons (Fsp3) is 0.464. The fourth-order valence-electron chi connectivity index (χ4n) is 5.05. The Balaban J connectivity index is 1.65. The van der Waals surface area contributed by atoms with Gasteiger partial charge in [-0.2, -0.15) is 0 Å². The Hall–Kier alpha value is -2.95. The van der Waals surface area contributed by atoms with Crippen LogP contribution in [0.3, 0.4) is 0 Å². The lowest BCUT2D eigenvalue weighted by Gasteiger charge is -2.40. The van der Waals surface area contributed by atoms with Gasteiger partial charge in [0, 0.05) is 11.1 Å². The van der Waals surface area contributed by atoms with Gasteiger partial charge in [0.2, 0.25) is 5.91 Å². The molecule has 1 saturated heterocycles. The SMILES string of the molecule is CCCCCOc1ccc(C=C[C@@]23NC(=O)CN2c2ccc(C)cc2C3(C)C)cc1OCC. The fourth-order valence-corrected chi connectivity index (χ4v) is 5.05. The zero-order valence-corrected chi connectivity index (χ0v) is 20.5. The van der Waals surface area contributed by atoms with Gasteiger partial charge in [-0.25, -0.2) is 0 Å². The van der Waals surface area contributed by atoms with Gasteiger partial charge < -0.3 is 19.7 Å². The number of nitrogens with zero attached hydrogens (tertiary/aromatic N) is 1. The Morgan fingerprint density at radius 3 is 2.64 bits per heavy atom. The highest BCUT2D eigenvalue weighted by Gasteiger charge is 2.59. The molecule has 4 rings (SSSR count). The van der Waals surface area contributed by atoms with Crippen molar-refractivity contribution >= 4 is 17.7 Å². The Morgan fingerprint density at radius 1 is 1.06 bits per heavy atom. The van der Waals surface area contributed by atoms with E-state index in [1.165, 1.54) is 17.5 Å². The number of hydrogen-bond donors (Lipinski definition) is 1. The Morgan fingerprint density at radius 2 is 1.88 bits per heavy atom. The van der Waals surface area contributed by atoms with Crippen LogP contribution in [0.1, 0.15) is 63.6 Å². The van der Waals surface area contributed by atoms with E-state index in [4.69, 9.17) is 9.47 Å². The lowest BCUT2D eigenvalue weighted by molar-refractivity contribution is -0.118. The van der Waals surface area contributed by atoms with E-state index < -0.39 is 5.66 Å². The molecule has 1 atom stereocenters. The van der Waals surface area contributed by atoms with Crippen LogP contribution < -0.4 is 19.7 Å². The smallest absolute Gasteiger partial charge is 0.241 e. The molecule has 1 N–H and O–H groups in total. The predicted octanol–water partition coefficient (Wildman–Crippen LogP) is 5.60. The molecule has 0 saturated carbocycles. The van der Waals surface area contributed by atoms with Crippen molar-refractivity contribution < 1.29 is 14.3 Å². The minimum absolute atomic E-state index is 0.0461. The Bertz CT molecular complexity index is 1060. The molecule has 2 aliphatic rings. The first-order valence-corrected chi connectivity index (χ1v) is 12.1. The highest BCUT2D eigenvalue weighted by molar-refractivity contribution is 5.91. The third-order valence-electron chi connectivity index (χ3n) is 6.92. The standard InChI is InChI=1S/C28H36N2O3/c1-6-8-9-16-33-24-13-11-21(18-25(24)32-7-2)14-15-28-27(4,5)22-17-20(3)10-12-23(22)30(28)19-26(31)29-28/h10-15,17-18H,6-9,16,19H2,1-5H3,(H,29,31)/t28-/m1/s1. The maximum Gasteiger partial charge on any atom is 0.241 e. The van der Waals surface area contributed by atoms with E-state index in [1.807, 2.05) is 25.1 Å². The molecule has 2 aliphatic heterocycles. The van der Waals surface area contributed by atoms with Crippen LogP contribution in [-0.2, 0) is 10.2 Å². The summed E-state index contributed by atoms with van der Waals surface area (Å²) in [5.41, 5.74) is 3.73. The zero-order valence-electron chi connectivity index (χ0n) is 20.5. The van der Waals surface area contributed by atoms with Gasteiger partial charge in [-0.1, -0.05) is 63.5 Å². The van der Waals surface area contributed by atoms with Crippen molar-refractivity contribution in [2.45, 2.75) is 65.0 Å². The van der Waals surface area contributed by atoms with Crippen molar-refractivity contribution in [3.05, 3.63) is 59.2 Å². The number of hydrogen-bond acceptors (Lipinski definition) is 4. The molecular formula is C28H36N2O3. The van der Waals surface area contributed by atoms with E-state index in [9.17, 15) is 4.79 Å². The molecule has 5 heteroatoms. The topological polar surface area (TPSA) is 50.8 Å². The van der Waals surface area contributed by atoms with Crippen LogP contribution in [0.4, 0.5) is 5.69 Å². The summed E-state index contributed by atoms with van der Waals surface area (Å²) in [6, 6.07) is 12.5. The van der Waals surface area contributed by atoms with Gasteiger partial charge in [-0.05, 0) is 55.7 Å². The second-order valence-electron chi connectivity index (χ2n) is 9.57. The van der Waals surface area contributed by atoms with Crippen LogP contribution in [0.5, 0.6) is 11.5 Å². The third-order valence-corrected chi connectivity index (χ3v) is 6.92. The summed E-state index contributed by atoms with van der Waals surface area (Å²) < 4.78 is 11.9. The van der Waals surface area contributed by atoms with Crippen LogP contribution in [0.25, 0.3) is 6.08 Å². The number of aryl methyl sites for hydroxylation is 1. The van der Waals surface area contributed by atoms with Crippen LogP contribution in [0, 0.1) is 6.92 Å². The van der Waals surface area contributed by atoms with Gasteiger partial charge in [0.15, 0.2) is 11.5 Å². The molecule has 5 nitrogen and oxygen atoms in total. The monoisotopic (exact) mass is 448 g/mol. The molecule has 1 fully saturated rings. The summed E-state index contributed by atoms with van der Waals surface area (Å²) in [5.74, 6) is 1.58. The van der Waals surface area contributed by atoms with E-state index in [0.717, 1.165) is 35.6 Å². The van der Waals surface area contributed by atoms with Crippen molar-refractivity contribution in [2.24, 2.45) is 0 Å². The first-order valence-electron chi connectivity index (χ1n) is 12.1. The largest absolute Gasteiger partial charge is 0.490 e. The maximum absolute atomic E-state index is 12.5. The summed E-state index contributed by atoms with van der Waals surface area (Å²) in [5, 5.41) is 3.29. The zero-order chi connectivity index (χ0) is 23.6. The average Bonchev–Trinajstić information content (AvgIpc) is 3.21. The number of fused-ring (bicyclic) bond motifs is 3. The number of unbranched alkanes of at least 4 members (excludes halogenated alkanes) is 2. The van der Waals surface area contributed by atoms with Crippen LogP contribution >= 0.6 is 0 Å². The van der Waals surface area contributed by atoms with E-state index >= 15 is 0 Å². The first-order chi connectivity index (χ1) is 15.8. The molecule has 2 aromatic rings. The summed E-state index contributed by atoms with van der Waals surface area (Å²) in [4.78, 5) is 14.7. The van der Waals surface area contributed by atoms with Crippen molar-refractivity contribution in [1.82, 2.24) is 5.32 Å². The summed E-state index contributed by atoms with van der Waals surface area (Å²) in [6.45, 7) is 12.3. The van der Waals surface area contributed by atoms with Gasteiger partial charge in [0.1, 0.15) is 5.66 Å².